The largest absolute Gasteiger partial charge is 0.396 e. The number of aliphatic hydroxyl groups is 1. The van der Waals surface area contributed by atoms with Crippen LogP contribution in [-0.4, -0.2) is 29.1 Å². The lowest BCUT2D eigenvalue weighted by atomic mass is 10.00. The number of nitrogens with one attached hydrogen (secondary N) is 1. The molecule has 4 nitrogen and oxygen atoms in total. The van der Waals surface area contributed by atoms with E-state index in [0.717, 1.165) is 18.2 Å². The van der Waals surface area contributed by atoms with Gasteiger partial charge in [0.05, 0.1) is 11.1 Å². The van der Waals surface area contributed by atoms with Crippen LogP contribution in [0.4, 0.5) is 0 Å². The first kappa shape index (κ1) is 16.7. The first-order valence-corrected chi connectivity index (χ1v) is 7.96. The zero-order valence-electron chi connectivity index (χ0n) is 12.7. The van der Waals surface area contributed by atoms with E-state index in [2.05, 4.69) is 17.2 Å². The van der Waals surface area contributed by atoms with Gasteiger partial charge in [-0.25, -0.2) is 0 Å². The van der Waals surface area contributed by atoms with Crippen molar-refractivity contribution in [1.82, 2.24) is 10.3 Å². The first-order valence-electron chi connectivity index (χ1n) is 7.59. The maximum absolute atomic E-state index is 12.5. The maximum atomic E-state index is 12.5. The van der Waals surface area contributed by atoms with Crippen LogP contribution in [0.1, 0.15) is 36.5 Å². The molecule has 1 amide bonds. The molecule has 1 aromatic carbocycles. The van der Waals surface area contributed by atoms with Crippen molar-refractivity contribution in [2.45, 2.75) is 26.2 Å². The Kier molecular flexibility index (Phi) is 6.16. The van der Waals surface area contributed by atoms with Crippen molar-refractivity contribution in [2.24, 2.45) is 5.92 Å². The van der Waals surface area contributed by atoms with E-state index in [1.807, 2.05) is 12.1 Å². The monoisotopic (exact) mass is 320 g/mol. The summed E-state index contributed by atoms with van der Waals surface area (Å²) >= 11 is 6.09. The molecule has 0 fully saturated rings. The van der Waals surface area contributed by atoms with Crippen molar-refractivity contribution in [2.75, 3.05) is 13.2 Å². The molecule has 118 valence electrons. The van der Waals surface area contributed by atoms with Crippen molar-refractivity contribution in [3.63, 3.8) is 0 Å². The summed E-state index contributed by atoms with van der Waals surface area (Å²) in [5.74, 6) is 0.114. The molecular weight excluding hydrogens is 300 g/mol. The van der Waals surface area contributed by atoms with Gasteiger partial charge in [-0.15, -0.1) is 0 Å². The fourth-order valence-corrected chi connectivity index (χ4v) is 2.83. The van der Waals surface area contributed by atoms with E-state index < -0.39 is 0 Å². The number of fused-ring (bicyclic) bond motifs is 1. The zero-order chi connectivity index (χ0) is 15.9. The van der Waals surface area contributed by atoms with Gasteiger partial charge in [0.25, 0.3) is 5.91 Å². The second-order valence-electron chi connectivity index (χ2n) is 5.41. The summed E-state index contributed by atoms with van der Waals surface area (Å²) in [6, 6.07) is 7.15. The highest BCUT2D eigenvalue weighted by atomic mass is 35.5. The van der Waals surface area contributed by atoms with Crippen LogP contribution in [0.3, 0.4) is 0 Å². The second kappa shape index (κ2) is 8.11. The van der Waals surface area contributed by atoms with Crippen LogP contribution in [0, 0.1) is 5.92 Å². The molecule has 1 heterocycles. The topological polar surface area (TPSA) is 62.2 Å². The number of halogens is 1. The minimum Gasteiger partial charge on any atom is -0.396 e. The number of aromatic nitrogens is 1. The number of hydrogen-bond donors (Lipinski definition) is 2. The predicted molar refractivity (Wildman–Crippen MR) is 89.2 cm³/mol. The molecule has 1 unspecified atom stereocenters. The third-order valence-corrected chi connectivity index (χ3v) is 3.92. The van der Waals surface area contributed by atoms with Crippen LogP contribution in [-0.2, 0) is 0 Å². The summed E-state index contributed by atoms with van der Waals surface area (Å²) < 4.78 is 0. The van der Waals surface area contributed by atoms with Gasteiger partial charge in [0.2, 0.25) is 0 Å². The lowest BCUT2D eigenvalue weighted by Gasteiger charge is -2.16. The minimum absolute atomic E-state index is 0.141. The van der Waals surface area contributed by atoms with E-state index in [1.165, 1.54) is 0 Å². The molecule has 22 heavy (non-hydrogen) atoms. The van der Waals surface area contributed by atoms with Crippen molar-refractivity contribution in [3.05, 3.63) is 41.0 Å². The third-order valence-electron chi connectivity index (χ3n) is 3.70. The molecule has 2 N–H and O–H groups in total. The maximum Gasteiger partial charge on any atom is 0.253 e. The molecule has 0 aliphatic heterocycles. The number of benzene rings is 1. The number of amides is 1. The Bertz CT molecular complexity index is 640. The number of rotatable bonds is 7. The normalized spacial score (nSPS) is 12.3. The van der Waals surface area contributed by atoms with Gasteiger partial charge in [0.1, 0.15) is 0 Å². The molecule has 2 rings (SSSR count). The second-order valence-corrected chi connectivity index (χ2v) is 5.84. The Morgan fingerprint density at radius 2 is 2.23 bits per heavy atom. The number of nitrogens with zero attached hydrogens (tertiary/aromatic N) is 1. The van der Waals surface area contributed by atoms with Gasteiger partial charge in [-0.1, -0.05) is 31.0 Å². The lowest BCUT2D eigenvalue weighted by molar-refractivity contribution is 0.0944. The molecule has 0 aliphatic rings. The van der Waals surface area contributed by atoms with E-state index in [4.69, 9.17) is 16.7 Å². The van der Waals surface area contributed by atoms with E-state index in [9.17, 15) is 4.79 Å². The zero-order valence-corrected chi connectivity index (χ0v) is 13.4. The third kappa shape index (κ3) is 4.18. The van der Waals surface area contributed by atoms with Gasteiger partial charge in [-0.3, -0.25) is 9.78 Å². The Balaban J connectivity index is 2.15. The smallest absolute Gasteiger partial charge is 0.253 e. The highest BCUT2D eigenvalue weighted by Crippen LogP contribution is 2.22. The quantitative estimate of drug-likeness (QED) is 0.821. The molecule has 0 spiro atoms. The summed E-state index contributed by atoms with van der Waals surface area (Å²) in [5, 5.41) is 13.4. The fourth-order valence-electron chi connectivity index (χ4n) is 2.60. The van der Waals surface area contributed by atoms with E-state index in [1.54, 1.807) is 18.3 Å². The molecule has 0 aliphatic carbocycles. The molecule has 0 bridgehead atoms. The molecule has 0 saturated carbocycles. The number of pyridine rings is 1. The summed E-state index contributed by atoms with van der Waals surface area (Å²) in [7, 11) is 0. The van der Waals surface area contributed by atoms with Crippen LogP contribution in [0.5, 0.6) is 0 Å². The van der Waals surface area contributed by atoms with Crippen LogP contribution < -0.4 is 5.32 Å². The number of carbonyl (C=O) groups excluding carboxylic acids is 1. The van der Waals surface area contributed by atoms with Crippen molar-refractivity contribution in [3.8, 4) is 0 Å². The van der Waals surface area contributed by atoms with Crippen LogP contribution in [0.25, 0.3) is 10.9 Å². The van der Waals surface area contributed by atoms with Gasteiger partial charge in [0, 0.05) is 29.8 Å². The van der Waals surface area contributed by atoms with Crippen molar-refractivity contribution >= 4 is 28.4 Å². The van der Waals surface area contributed by atoms with Crippen molar-refractivity contribution in [1.29, 1.82) is 0 Å². The van der Waals surface area contributed by atoms with Crippen LogP contribution in [0.15, 0.2) is 30.5 Å². The van der Waals surface area contributed by atoms with E-state index in [0.29, 0.717) is 29.1 Å². The fraction of sp³-hybridized carbons (Fsp3) is 0.412. The highest BCUT2D eigenvalue weighted by Gasteiger charge is 2.14. The van der Waals surface area contributed by atoms with Gasteiger partial charge < -0.3 is 10.4 Å². The average molecular weight is 321 g/mol. The summed E-state index contributed by atoms with van der Waals surface area (Å²) in [6.07, 6.45) is 4.37. The van der Waals surface area contributed by atoms with E-state index in [-0.39, 0.29) is 18.4 Å². The minimum atomic E-state index is -0.176. The first-order chi connectivity index (χ1) is 10.7. The Morgan fingerprint density at radius 3 is 2.95 bits per heavy atom. The van der Waals surface area contributed by atoms with Crippen molar-refractivity contribution < 1.29 is 9.90 Å². The summed E-state index contributed by atoms with van der Waals surface area (Å²) in [4.78, 5) is 16.7. The molecule has 2 aromatic rings. The Morgan fingerprint density at radius 1 is 1.41 bits per heavy atom. The van der Waals surface area contributed by atoms with Gasteiger partial charge in [-0.05, 0) is 37.0 Å². The molecule has 0 radical (unpaired) electrons. The van der Waals surface area contributed by atoms with E-state index >= 15 is 0 Å². The summed E-state index contributed by atoms with van der Waals surface area (Å²) in [6.45, 7) is 2.79. The van der Waals surface area contributed by atoms with Gasteiger partial charge in [-0.2, -0.15) is 0 Å². The summed E-state index contributed by atoms with van der Waals surface area (Å²) in [5.41, 5.74) is 1.14. The Labute approximate surface area is 135 Å². The van der Waals surface area contributed by atoms with Gasteiger partial charge in [0.15, 0.2) is 0 Å². The number of carbonyl (C=O) groups is 1. The highest BCUT2D eigenvalue weighted by molar-refractivity contribution is 6.32. The van der Waals surface area contributed by atoms with Crippen LogP contribution in [0.2, 0.25) is 5.02 Å². The average Bonchev–Trinajstić information content (AvgIpc) is 2.52. The Hall–Kier alpha value is -1.65. The van der Waals surface area contributed by atoms with Crippen LogP contribution >= 0.6 is 11.6 Å². The molecule has 0 saturated heterocycles. The lowest BCUT2D eigenvalue weighted by Crippen LogP contribution is -2.30. The molecule has 5 heteroatoms. The molecule has 1 atom stereocenters. The SMILES string of the molecule is CCCC(CCO)CNC(=O)c1cc(Cl)cc2cccnc12. The molecule has 1 aromatic heterocycles. The number of hydrogen-bond acceptors (Lipinski definition) is 3. The molecular formula is C17H21ClN2O2. The number of aliphatic hydroxyl groups excluding tert-OH is 1. The standard InChI is InChI=1S/C17H21ClN2O2/c1-2-4-12(6-8-21)11-20-17(22)15-10-14(18)9-13-5-3-7-19-16(13)15/h3,5,7,9-10,12,21H,2,4,6,8,11H2,1H3,(H,20,22). The van der Waals surface area contributed by atoms with Gasteiger partial charge >= 0.3 is 0 Å². The predicted octanol–water partition coefficient (Wildman–Crippen LogP) is 3.42.